The van der Waals surface area contributed by atoms with Gasteiger partial charge in [-0.05, 0) is 70.1 Å². The molecule has 0 atom stereocenters. The maximum atomic E-state index is 5.19. The third-order valence-electron chi connectivity index (χ3n) is 6.71. The Morgan fingerprint density at radius 3 is 2.77 bits per heavy atom. The summed E-state index contributed by atoms with van der Waals surface area (Å²) >= 11 is 1.89. The first kappa shape index (κ1) is 17.0. The number of hydrogen-bond donors (Lipinski definition) is 0. The van der Waals surface area contributed by atoms with Gasteiger partial charge in [0, 0.05) is 36.5 Å². The van der Waals surface area contributed by atoms with Crippen LogP contribution in [0.5, 0.6) is 0 Å². The first-order valence-electron chi connectivity index (χ1n) is 10.1. The van der Waals surface area contributed by atoms with Gasteiger partial charge in [0.05, 0.1) is 11.4 Å². The smallest absolute Gasteiger partial charge is 0.106 e. The highest BCUT2D eigenvalue weighted by atomic mass is 32.1. The normalized spacial score (nSPS) is 23.5. The van der Waals surface area contributed by atoms with Gasteiger partial charge in [0.2, 0.25) is 0 Å². The summed E-state index contributed by atoms with van der Waals surface area (Å²) in [5.41, 5.74) is 3.24. The average molecular weight is 371 g/mol. The summed E-state index contributed by atoms with van der Waals surface area (Å²) in [5, 5.41) is 2.21. The number of likely N-dealkylation sites (tertiary alicyclic amines) is 1. The molecule has 140 valence electrons. The Hall–Kier alpha value is -1.17. The lowest BCUT2D eigenvalue weighted by atomic mass is 9.72. The van der Waals surface area contributed by atoms with Crippen molar-refractivity contribution in [2.24, 2.45) is 5.92 Å². The van der Waals surface area contributed by atoms with Gasteiger partial charge in [0.25, 0.3) is 0 Å². The van der Waals surface area contributed by atoms with Crippen LogP contribution in [0, 0.1) is 12.8 Å². The predicted molar refractivity (Wildman–Crippen MR) is 107 cm³/mol. The van der Waals surface area contributed by atoms with E-state index in [1.54, 1.807) is 0 Å². The summed E-state index contributed by atoms with van der Waals surface area (Å²) in [6, 6.07) is 4.47. The maximum Gasteiger partial charge on any atom is 0.106 e. The van der Waals surface area contributed by atoms with Gasteiger partial charge in [-0.25, -0.2) is 4.98 Å². The summed E-state index contributed by atoms with van der Waals surface area (Å²) in [6.45, 7) is 9.14. The highest BCUT2D eigenvalue weighted by molar-refractivity contribution is 7.09. The zero-order valence-electron chi connectivity index (χ0n) is 16.1. The van der Waals surface area contributed by atoms with E-state index in [4.69, 9.17) is 4.98 Å². The van der Waals surface area contributed by atoms with Crippen LogP contribution in [0.4, 0.5) is 0 Å². The van der Waals surface area contributed by atoms with Crippen molar-refractivity contribution >= 4 is 11.3 Å². The third-order valence-corrected chi connectivity index (χ3v) is 7.57. The molecule has 0 bridgehead atoms. The van der Waals surface area contributed by atoms with E-state index in [9.17, 15) is 0 Å². The van der Waals surface area contributed by atoms with Gasteiger partial charge < -0.3 is 9.47 Å². The number of imidazole rings is 1. The fourth-order valence-electron chi connectivity index (χ4n) is 4.94. The molecule has 0 aromatic carbocycles. The SMILES string of the molecule is Cc1nc2c(n1CC1CC1)CN(Cc1cccs1)CC21CCN(C)CC1. The van der Waals surface area contributed by atoms with Gasteiger partial charge in [-0.15, -0.1) is 11.3 Å². The minimum absolute atomic E-state index is 0.261. The van der Waals surface area contributed by atoms with E-state index in [2.05, 4.69) is 45.9 Å². The lowest BCUT2D eigenvalue weighted by Crippen LogP contribution is -2.51. The van der Waals surface area contributed by atoms with E-state index < -0.39 is 0 Å². The number of piperidine rings is 1. The highest BCUT2D eigenvalue weighted by Gasteiger charge is 2.45. The van der Waals surface area contributed by atoms with Crippen molar-refractivity contribution in [3.8, 4) is 0 Å². The second kappa shape index (κ2) is 6.47. The molecule has 2 aromatic heterocycles. The lowest BCUT2D eigenvalue weighted by Gasteiger charge is -2.46. The molecule has 2 aromatic rings. The number of fused-ring (bicyclic) bond motifs is 2. The molecule has 5 heteroatoms. The quantitative estimate of drug-likeness (QED) is 0.821. The molecule has 26 heavy (non-hydrogen) atoms. The monoisotopic (exact) mass is 370 g/mol. The zero-order chi connectivity index (χ0) is 17.7. The molecule has 0 amide bonds. The number of thiophene rings is 1. The van der Waals surface area contributed by atoms with E-state index >= 15 is 0 Å². The Labute approximate surface area is 160 Å². The van der Waals surface area contributed by atoms with Gasteiger partial charge in [0.1, 0.15) is 5.82 Å². The Morgan fingerprint density at radius 2 is 2.08 bits per heavy atom. The van der Waals surface area contributed by atoms with E-state index in [0.717, 1.165) is 19.0 Å². The van der Waals surface area contributed by atoms with Crippen LogP contribution in [-0.4, -0.2) is 46.0 Å². The second-order valence-corrected chi connectivity index (χ2v) is 9.85. The summed E-state index contributed by atoms with van der Waals surface area (Å²) in [7, 11) is 2.26. The van der Waals surface area contributed by atoms with E-state index in [1.165, 1.54) is 74.0 Å². The minimum atomic E-state index is 0.261. The van der Waals surface area contributed by atoms with Gasteiger partial charge in [-0.2, -0.15) is 0 Å². The molecule has 4 nitrogen and oxygen atoms in total. The first-order valence-corrected chi connectivity index (χ1v) is 11.0. The van der Waals surface area contributed by atoms with Crippen LogP contribution in [0.3, 0.4) is 0 Å². The number of rotatable bonds is 4. The topological polar surface area (TPSA) is 24.3 Å². The lowest BCUT2D eigenvalue weighted by molar-refractivity contribution is 0.100. The summed E-state index contributed by atoms with van der Waals surface area (Å²) in [5.74, 6) is 2.14. The fraction of sp³-hybridized carbons (Fsp3) is 0.667. The predicted octanol–water partition coefficient (Wildman–Crippen LogP) is 3.64. The standard InChI is InChI=1S/C21H30N4S/c1-16-22-20-19(25(16)12-17-5-6-17)14-24(13-18-4-3-11-26-18)15-21(20)7-9-23(2)10-8-21/h3-4,11,17H,5-10,12-15H2,1-2H3. The van der Waals surface area contributed by atoms with Crippen molar-refractivity contribution in [2.75, 3.05) is 26.7 Å². The number of aryl methyl sites for hydroxylation is 1. The molecule has 0 unspecified atom stereocenters. The van der Waals surface area contributed by atoms with E-state index in [-0.39, 0.29) is 5.41 Å². The van der Waals surface area contributed by atoms with Crippen LogP contribution in [-0.2, 0) is 25.0 Å². The van der Waals surface area contributed by atoms with E-state index in [0.29, 0.717) is 0 Å². The molecule has 2 fully saturated rings. The zero-order valence-corrected chi connectivity index (χ0v) is 16.9. The molecule has 1 spiro atoms. The maximum absolute atomic E-state index is 5.19. The van der Waals surface area contributed by atoms with Crippen LogP contribution < -0.4 is 0 Å². The van der Waals surface area contributed by atoms with Crippen molar-refractivity contribution in [3.05, 3.63) is 39.6 Å². The van der Waals surface area contributed by atoms with Crippen molar-refractivity contribution < 1.29 is 0 Å². The first-order chi connectivity index (χ1) is 12.6. The number of aromatic nitrogens is 2. The summed E-state index contributed by atoms with van der Waals surface area (Å²) < 4.78 is 2.58. The van der Waals surface area contributed by atoms with Gasteiger partial charge in [-0.3, -0.25) is 4.90 Å². The fourth-order valence-corrected chi connectivity index (χ4v) is 5.69. The molecule has 0 radical (unpaired) electrons. The number of hydrogen-bond acceptors (Lipinski definition) is 4. The Balaban J connectivity index is 1.51. The van der Waals surface area contributed by atoms with Crippen molar-refractivity contribution in [1.82, 2.24) is 19.4 Å². The second-order valence-electron chi connectivity index (χ2n) is 8.82. The third kappa shape index (κ3) is 3.04. The number of nitrogens with zero attached hydrogens (tertiary/aromatic N) is 4. The van der Waals surface area contributed by atoms with Crippen molar-refractivity contribution in [3.63, 3.8) is 0 Å². The molecule has 0 N–H and O–H groups in total. The van der Waals surface area contributed by atoms with Gasteiger partial charge in [-0.1, -0.05) is 6.07 Å². The van der Waals surface area contributed by atoms with Crippen LogP contribution in [0.25, 0.3) is 0 Å². The Morgan fingerprint density at radius 1 is 1.27 bits per heavy atom. The van der Waals surface area contributed by atoms with E-state index in [1.807, 2.05) is 11.3 Å². The van der Waals surface area contributed by atoms with Crippen molar-refractivity contribution in [1.29, 1.82) is 0 Å². The molecule has 1 aliphatic carbocycles. The van der Waals surface area contributed by atoms with Crippen molar-refractivity contribution in [2.45, 2.75) is 57.7 Å². The molecular formula is C21H30N4S. The van der Waals surface area contributed by atoms with Crippen LogP contribution in [0.15, 0.2) is 17.5 Å². The van der Waals surface area contributed by atoms with Crippen LogP contribution in [0.1, 0.15) is 47.8 Å². The molecule has 2 aliphatic heterocycles. The minimum Gasteiger partial charge on any atom is -0.331 e. The Kier molecular flexibility index (Phi) is 4.22. The average Bonchev–Trinajstić information content (AvgIpc) is 3.20. The molecule has 1 saturated carbocycles. The van der Waals surface area contributed by atoms with Gasteiger partial charge in [0.15, 0.2) is 0 Å². The highest BCUT2D eigenvalue weighted by Crippen LogP contribution is 2.43. The summed E-state index contributed by atoms with van der Waals surface area (Å²) in [6.07, 6.45) is 5.30. The Bertz CT molecular complexity index is 766. The molecule has 5 rings (SSSR count). The molecule has 4 heterocycles. The largest absolute Gasteiger partial charge is 0.331 e. The molecular weight excluding hydrogens is 340 g/mol. The van der Waals surface area contributed by atoms with Gasteiger partial charge >= 0.3 is 0 Å². The van der Waals surface area contributed by atoms with Crippen LogP contribution in [0.2, 0.25) is 0 Å². The molecule has 3 aliphatic rings. The molecule has 1 saturated heterocycles. The summed E-state index contributed by atoms with van der Waals surface area (Å²) in [4.78, 5) is 11.9. The van der Waals surface area contributed by atoms with Crippen LogP contribution >= 0.6 is 11.3 Å².